The van der Waals surface area contributed by atoms with Crippen molar-refractivity contribution in [3.8, 4) is 0 Å². The second kappa shape index (κ2) is 8.14. The van der Waals surface area contributed by atoms with Crippen molar-refractivity contribution in [3.05, 3.63) is 25.6 Å². The third-order valence-electron chi connectivity index (χ3n) is 2.85. The highest BCUT2D eigenvalue weighted by atomic mass is 79.9. The summed E-state index contributed by atoms with van der Waals surface area (Å²) in [4.78, 5) is 22.9. The number of aliphatic carboxylic acids is 1. The van der Waals surface area contributed by atoms with Gasteiger partial charge in [-0.25, -0.2) is 4.79 Å². The van der Waals surface area contributed by atoms with Crippen LogP contribution in [0, 0.1) is 11.8 Å². The molecule has 21 heavy (non-hydrogen) atoms. The highest BCUT2D eigenvalue weighted by Crippen LogP contribution is 2.34. The average molecular weight is 487 g/mol. The molecule has 5 nitrogen and oxygen atoms in total. The quantitative estimate of drug-likeness (QED) is 0.575. The number of nitrogens with one attached hydrogen (secondary N) is 2. The van der Waals surface area contributed by atoms with E-state index in [1.165, 1.54) is 0 Å². The zero-order valence-corrected chi connectivity index (χ0v) is 16.2. The molecule has 0 heterocycles. The molecule has 0 saturated heterocycles. The van der Waals surface area contributed by atoms with Gasteiger partial charge in [-0.3, -0.25) is 4.79 Å². The van der Waals surface area contributed by atoms with Crippen LogP contribution in [0.3, 0.4) is 0 Å². The number of carboxylic acids is 1. The number of amides is 2. The van der Waals surface area contributed by atoms with Gasteiger partial charge in [0.2, 0.25) is 0 Å². The van der Waals surface area contributed by atoms with E-state index in [1.54, 1.807) is 26.0 Å². The summed E-state index contributed by atoms with van der Waals surface area (Å²) in [6.07, 6.45) is 0. The molecule has 8 heteroatoms. The normalized spacial score (nSPS) is 12.1. The van der Waals surface area contributed by atoms with Crippen LogP contribution in [0.25, 0.3) is 0 Å². The zero-order chi connectivity index (χ0) is 16.2. The number of rotatable bonds is 5. The van der Waals surface area contributed by atoms with Crippen LogP contribution in [0.2, 0.25) is 0 Å². The van der Waals surface area contributed by atoms with E-state index in [4.69, 9.17) is 5.11 Å². The van der Waals surface area contributed by atoms with Gasteiger partial charge in [0.15, 0.2) is 0 Å². The Kier molecular flexibility index (Phi) is 7.15. The fourth-order valence-electron chi connectivity index (χ4n) is 1.63. The predicted molar refractivity (Wildman–Crippen MR) is 92.5 cm³/mol. The number of benzene rings is 1. The molecule has 1 unspecified atom stereocenters. The molecule has 1 aromatic carbocycles. The third-order valence-corrected chi connectivity index (χ3v) is 4.56. The molecule has 3 N–H and O–H groups in total. The lowest BCUT2D eigenvalue weighted by molar-refractivity contribution is -0.142. The summed E-state index contributed by atoms with van der Waals surface area (Å²) in [6.45, 7) is 3.69. The molecular weight excluding hydrogens is 472 g/mol. The van der Waals surface area contributed by atoms with Crippen molar-refractivity contribution in [3.63, 3.8) is 0 Å². The Bertz CT molecular complexity index is 526. The molecule has 0 fully saturated rings. The summed E-state index contributed by atoms with van der Waals surface area (Å²) < 4.78 is 2.27. The van der Waals surface area contributed by atoms with E-state index in [0.717, 1.165) is 4.47 Å². The van der Waals surface area contributed by atoms with Crippen LogP contribution in [0.15, 0.2) is 25.6 Å². The van der Waals surface area contributed by atoms with Gasteiger partial charge in [-0.15, -0.1) is 0 Å². The summed E-state index contributed by atoms with van der Waals surface area (Å²) in [7, 11) is 0. The first-order valence-electron chi connectivity index (χ1n) is 6.14. The van der Waals surface area contributed by atoms with E-state index in [2.05, 4.69) is 58.4 Å². The molecule has 0 saturated carbocycles. The molecule has 116 valence electrons. The van der Waals surface area contributed by atoms with Gasteiger partial charge in [-0.2, -0.15) is 0 Å². The Balaban J connectivity index is 2.69. The van der Waals surface area contributed by atoms with Gasteiger partial charge in [0.25, 0.3) is 0 Å². The van der Waals surface area contributed by atoms with Gasteiger partial charge in [0, 0.05) is 20.0 Å². The Hall–Kier alpha value is -0.600. The molecule has 0 spiro atoms. The van der Waals surface area contributed by atoms with Gasteiger partial charge in [-0.05, 0) is 49.9 Å². The first-order valence-corrected chi connectivity index (χ1v) is 8.52. The second-order valence-corrected chi connectivity index (χ2v) is 7.39. The first kappa shape index (κ1) is 18.4. The molecule has 0 aliphatic carbocycles. The summed E-state index contributed by atoms with van der Waals surface area (Å²) in [5.74, 6) is -1.60. The van der Waals surface area contributed by atoms with Crippen LogP contribution >= 0.6 is 47.8 Å². The Morgan fingerprint density at radius 3 is 2.14 bits per heavy atom. The molecule has 0 radical (unpaired) electrons. The molecule has 1 rings (SSSR count). The maximum absolute atomic E-state index is 11.9. The minimum Gasteiger partial charge on any atom is -0.481 e. The van der Waals surface area contributed by atoms with E-state index < -0.39 is 17.9 Å². The van der Waals surface area contributed by atoms with E-state index >= 15 is 0 Å². The molecule has 0 aromatic heterocycles. The van der Waals surface area contributed by atoms with Crippen molar-refractivity contribution < 1.29 is 14.7 Å². The number of carboxylic acid groups (broad SMARTS) is 1. The molecule has 1 aromatic rings. The summed E-state index contributed by atoms with van der Waals surface area (Å²) in [5.41, 5.74) is 0.576. The fraction of sp³-hybridized carbons (Fsp3) is 0.385. The molecule has 1 atom stereocenters. The van der Waals surface area contributed by atoms with Crippen LogP contribution < -0.4 is 10.6 Å². The Morgan fingerprint density at radius 1 is 1.19 bits per heavy atom. The highest BCUT2D eigenvalue weighted by molar-refractivity contribution is 9.11. The van der Waals surface area contributed by atoms with Crippen molar-refractivity contribution in [2.24, 2.45) is 11.8 Å². The predicted octanol–water partition coefficient (Wildman–Crippen LogP) is 4.45. The van der Waals surface area contributed by atoms with Crippen molar-refractivity contribution in [2.75, 3.05) is 11.9 Å². The van der Waals surface area contributed by atoms with Gasteiger partial charge >= 0.3 is 12.0 Å². The maximum Gasteiger partial charge on any atom is 0.319 e. The summed E-state index contributed by atoms with van der Waals surface area (Å²) in [5, 5.41) is 14.3. The van der Waals surface area contributed by atoms with Gasteiger partial charge in [-0.1, -0.05) is 29.8 Å². The zero-order valence-electron chi connectivity index (χ0n) is 11.4. The number of anilines is 1. The monoisotopic (exact) mass is 484 g/mol. The van der Waals surface area contributed by atoms with Gasteiger partial charge in [0.1, 0.15) is 0 Å². The Morgan fingerprint density at radius 2 is 1.71 bits per heavy atom. The third kappa shape index (κ3) is 5.60. The lowest BCUT2D eigenvalue weighted by Crippen LogP contribution is -2.37. The van der Waals surface area contributed by atoms with Crippen LogP contribution in [0.5, 0.6) is 0 Å². The fourth-order valence-corrected chi connectivity index (χ4v) is 4.09. The molecule has 2 amide bonds. The van der Waals surface area contributed by atoms with Crippen LogP contribution in [-0.4, -0.2) is 23.7 Å². The first-order chi connectivity index (χ1) is 9.72. The lowest BCUT2D eigenvalue weighted by atomic mass is 9.96. The minimum absolute atomic E-state index is 0.0612. The van der Waals surface area contributed by atoms with Crippen LogP contribution in [0.4, 0.5) is 10.5 Å². The van der Waals surface area contributed by atoms with E-state index in [0.29, 0.717) is 14.6 Å². The summed E-state index contributed by atoms with van der Waals surface area (Å²) in [6, 6.07) is 3.15. The van der Waals surface area contributed by atoms with E-state index in [9.17, 15) is 9.59 Å². The van der Waals surface area contributed by atoms with Crippen molar-refractivity contribution in [1.29, 1.82) is 0 Å². The summed E-state index contributed by atoms with van der Waals surface area (Å²) >= 11 is 10.1. The smallest absolute Gasteiger partial charge is 0.319 e. The van der Waals surface area contributed by atoms with E-state index in [1.807, 2.05) is 0 Å². The van der Waals surface area contributed by atoms with Crippen molar-refractivity contribution >= 4 is 65.5 Å². The maximum atomic E-state index is 11.9. The SMILES string of the molecule is CC(C)C(CNC(=O)Nc1c(Br)cc(Br)cc1Br)C(=O)O. The van der Waals surface area contributed by atoms with Crippen molar-refractivity contribution in [1.82, 2.24) is 5.32 Å². The standard InChI is InChI=1S/C13H15Br3N2O3/c1-6(2)8(12(19)20)5-17-13(21)18-11-9(15)3-7(14)4-10(11)16/h3-4,6,8H,5H2,1-2H3,(H,19,20)(H2,17,18,21). The molecule has 0 aliphatic heterocycles. The number of hydrogen-bond acceptors (Lipinski definition) is 2. The molecule has 0 bridgehead atoms. The number of hydrogen-bond donors (Lipinski definition) is 3. The number of carbonyl (C=O) groups is 2. The van der Waals surface area contributed by atoms with Gasteiger partial charge in [0.05, 0.1) is 11.6 Å². The topological polar surface area (TPSA) is 78.4 Å². The van der Waals surface area contributed by atoms with Crippen LogP contribution in [0.1, 0.15) is 13.8 Å². The largest absolute Gasteiger partial charge is 0.481 e. The molecular formula is C13H15Br3N2O3. The number of carbonyl (C=O) groups excluding carboxylic acids is 1. The van der Waals surface area contributed by atoms with Crippen molar-refractivity contribution in [2.45, 2.75) is 13.8 Å². The van der Waals surface area contributed by atoms with Gasteiger partial charge < -0.3 is 15.7 Å². The minimum atomic E-state index is -0.920. The number of halogens is 3. The van der Waals surface area contributed by atoms with Crippen LogP contribution in [-0.2, 0) is 4.79 Å². The highest BCUT2D eigenvalue weighted by Gasteiger charge is 2.22. The average Bonchev–Trinajstić information content (AvgIpc) is 2.33. The second-order valence-electron chi connectivity index (χ2n) is 4.77. The lowest BCUT2D eigenvalue weighted by Gasteiger charge is -2.17. The number of urea groups is 1. The van der Waals surface area contributed by atoms with E-state index in [-0.39, 0.29) is 12.5 Å². The molecule has 0 aliphatic rings. The Labute approximate surface area is 148 Å².